The SMILES string of the molecule is COCc1c(OC)cccc1C1CCCNC1. The first-order chi connectivity index (χ1) is 8.36. The third kappa shape index (κ3) is 2.79. The van der Waals surface area contributed by atoms with Crippen LogP contribution in [0, 0.1) is 0 Å². The summed E-state index contributed by atoms with van der Waals surface area (Å²) in [6, 6.07) is 6.28. The lowest BCUT2D eigenvalue weighted by Crippen LogP contribution is -2.29. The highest BCUT2D eigenvalue weighted by Crippen LogP contribution is 2.32. The van der Waals surface area contributed by atoms with Gasteiger partial charge in [-0.1, -0.05) is 12.1 Å². The van der Waals surface area contributed by atoms with Gasteiger partial charge in [-0.3, -0.25) is 0 Å². The summed E-state index contributed by atoms with van der Waals surface area (Å²) in [6.45, 7) is 2.82. The first-order valence-electron chi connectivity index (χ1n) is 6.22. The fourth-order valence-electron chi connectivity index (χ4n) is 2.57. The van der Waals surface area contributed by atoms with Gasteiger partial charge in [0.05, 0.1) is 13.7 Å². The zero-order valence-corrected chi connectivity index (χ0v) is 10.7. The maximum Gasteiger partial charge on any atom is 0.124 e. The van der Waals surface area contributed by atoms with Crippen molar-refractivity contribution in [3.05, 3.63) is 29.3 Å². The van der Waals surface area contributed by atoms with E-state index in [1.807, 2.05) is 6.07 Å². The predicted molar refractivity (Wildman–Crippen MR) is 68.6 cm³/mol. The van der Waals surface area contributed by atoms with Crippen molar-refractivity contribution in [3.8, 4) is 5.75 Å². The quantitative estimate of drug-likeness (QED) is 0.868. The molecule has 1 aliphatic rings. The summed E-state index contributed by atoms with van der Waals surface area (Å²) in [5, 5.41) is 3.46. The number of benzene rings is 1. The predicted octanol–water partition coefficient (Wildman–Crippen LogP) is 2.31. The Labute approximate surface area is 103 Å². The highest BCUT2D eigenvalue weighted by molar-refractivity contribution is 5.42. The lowest BCUT2D eigenvalue weighted by Gasteiger charge is -2.26. The standard InChI is InChI=1S/C14H21NO2/c1-16-10-13-12(6-3-7-14(13)17-2)11-5-4-8-15-9-11/h3,6-7,11,15H,4-5,8-10H2,1-2H3. The van der Waals surface area contributed by atoms with E-state index in [-0.39, 0.29) is 0 Å². The van der Waals surface area contributed by atoms with Crippen molar-refractivity contribution in [2.75, 3.05) is 27.3 Å². The number of nitrogens with one attached hydrogen (secondary N) is 1. The van der Waals surface area contributed by atoms with Gasteiger partial charge in [0.1, 0.15) is 5.75 Å². The summed E-state index contributed by atoms with van der Waals surface area (Å²) in [5.74, 6) is 1.53. The molecule has 1 unspecified atom stereocenters. The molecule has 1 heterocycles. The van der Waals surface area contributed by atoms with Gasteiger partial charge in [0, 0.05) is 19.2 Å². The lowest BCUT2D eigenvalue weighted by molar-refractivity contribution is 0.180. The summed E-state index contributed by atoms with van der Waals surface area (Å²) in [6.07, 6.45) is 2.49. The van der Waals surface area contributed by atoms with E-state index in [1.54, 1.807) is 14.2 Å². The van der Waals surface area contributed by atoms with Crippen LogP contribution in [0.15, 0.2) is 18.2 Å². The molecule has 1 fully saturated rings. The number of hydrogen-bond donors (Lipinski definition) is 1. The molecule has 0 amide bonds. The minimum Gasteiger partial charge on any atom is -0.496 e. The van der Waals surface area contributed by atoms with Crippen molar-refractivity contribution in [1.29, 1.82) is 0 Å². The van der Waals surface area contributed by atoms with Crippen LogP contribution in [0.1, 0.15) is 29.9 Å². The molecule has 0 saturated carbocycles. The second-order valence-corrected chi connectivity index (χ2v) is 4.50. The Morgan fingerprint density at radius 3 is 2.88 bits per heavy atom. The average molecular weight is 235 g/mol. The molecule has 3 nitrogen and oxygen atoms in total. The van der Waals surface area contributed by atoms with Gasteiger partial charge in [0.15, 0.2) is 0 Å². The minimum atomic E-state index is 0.587. The molecule has 0 aromatic heterocycles. The van der Waals surface area contributed by atoms with Gasteiger partial charge in [0.25, 0.3) is 0 Å². The minimum absolute atomic E-state index is 0.587. The molecule has 0 aliphatic carbocycles. The smallest absolute Gasteiger partial charge is 0.124 e. The Morgan fingerprint density at radius 1 is 1.35 bits per heavy atom. The van der Waals surface area contributed by atoms with E-state index in [2.05, 4.69) is 17.4 Å². The maximum absolute atomic E-state index is 5.43. The molecule has 1 aromatic rings. The van der Waals surface area contributed by atoms with Crippen LogP contribution in [0.4, 0.5) is 0 Å². The second kappa shape index (κ2) is 6.03. The summed E-state index contributed by atoms with van der Waals surface area (Å²) >= 11 is 0. The summed E-state index contributed by atoms with van der Waals surface area (Å²) in [5.41, 5.74) is 2.57. The van der Waals surface area contributed by atoms with Crippen LogP contribution in [-0.2, 0) is 11.3 Å². The van der Waals surface area contributed by atoms with Crippen LogP contribution < -0.4 is 10.1 Å². The van der Waals surface area contributed by atoms with Gasteiger partial charge >= 0.3 is 0 Å². The largest absolute Gasteiger partial charge is 0.496 e. The Morgan fingerprint density at radius 2 is 2.24 bits per heavy atom. The van der Waals surface area contributed by atoms with Gasteiger partial charge < -0.3 is 14.8 Å². The molecule has 3 heteroatoms. The number of rotatable bonds is 4. The lowest BCUT2D eigenvalue weighted by atomic mass is 9.88. The molecule has 1 aliphatic heterocycles. The van der Waals surface area contributed by atoms with Crippen molar-refractivity contribution in [2.24, 2.45) is 0 Å². The summed E-state index contributed by atoms with van der Waals surface area (Å²) < 4.78 is 10.7. The Balaban J connectivity index is 2.30. The molecule has 17 heavy (non-hydrogen) atoms. The first-order valence-corrected chi connectivity index (χ1v) is 6.22. The maximum atomic E-state index is 5.43. The average Bonchev–Trinajstić information content (AvgIpc) is 2.40. The fraction of sp³-hybridized carbons (Fsp3) is 0.571. The summed E-state index contributed by atoms with van der Waals surface area (Å²) in [4.78, 5) is 0. The third-order valence-electron chi connectivity index (χ3n) is 3.41. The highest BCUT2D eigenvalue weighted by atomic mass is 16.5. The molecule has 1 saturated heterocycles. The zero-order valence-electron chi connectivity index (χ0n) is 10.7. The second-order valence-electron chi connectivity index (χ2n) is 4.50. The van der Waals surface area contributed by atoms with Gasteiger partial charge in [-0.15, -0.1) is 0 Å². The van der Waals surface area contributed by atoms with Crippen LogP contribution in [-0.4, -0.2) is 27.3 Å². The van der Waals surface area contributed by atoms with Crippen LogP contribution >= 0.6 is 0 Å². The van der Waals surface area contributed by atoms with E-state index in [0.717, 1.165) is 18.8 Å². The monoisotopic (exact) mass is 235 g/mol. The van der Waals surface area contributed by atoms with Crippen molar-refractivity contribution >= 4 is 0 Å². The van der Waals surface area contributed by atoms with E-state index in [1.165, 1.54) is 24.0 Å². The molecule has 94 valence electrons. The van der Waals surface area contributed by atoms with Crippen molar-refractivity contribution in [3.63, 3.8) is 0 Å². The normalized spacial score (nSPS) is 20.2. The Hall–Kier alpha value is -1.06. The number of methoxy groups -OCH3 is 2. The number of piperidine rings is 1. The van der Waals surface area contributed by atoms with E-state index >= 15 is 0 Å². The third-order valence-corrected chi connectivity index (χ3v) is 3.41. The highest BCUT2D eigenvalue weighted by Gasteiger charge is 2.20. The molecule has 0 spiro atoms. The Kier molecular flexibility index (Phi) is 4.40. The van der Waals surface area contributed by atoms with E-state index in [9.17, 15) is 0 Å². The van der Waals surface area contributed by atoms with Crippen LogP contribution in [0.5, 0.6) is 5.75 Å². The van der Waals surface area contributed by atoms with Gasteiger partial charge in [0.2, 0.25) is 0 Å². The zero-order chi connectivity index (χ0) is 12.1. The van der Waals surface area contributed by atoms with E-state index in [4.69, 9.17) is 9.47 Å². The van der Waals surface area contributed by atoms with Crippen LogP contribution in [0.25, 0.3) is 0 Å². The van der Waals surface area contributed by atoms with Crippen molar-refractivity contribution < 1.29 is 9.47 Å². The molecular weight excluding hydrogens is 214 g/mol. The molecule has 0 bridgehead atoms. The molecule has 2 rings (SSSR count). The van der Waals surface area contributed by atoms with Crippen LogP contribution in [0.2, 0.25) is 0 Å². The van der Waals surface area contributed by atoms with Gasteiger partial charge in [-0.25, -0.2) is 0 Å². The van der Waals surface area contributed by atoms with Crippen molar-refractivity contribution in [2.45, 2.75) is 25.4 Å². The summed E-state index contributed by atoms with van der Waals surface area (Å²) in [7, 11) is 3.45. The molecule has 1 aromatic carbocycles. The van der Waals surface area contributed by atoms with Crippen LogP contribution in [0.3, 0.4) is 0 Å². The van der Waals surface area contributed by atoms with Gasteiger partial charge in [-0.05, 0) is 36.9 Å². The number of hydrogen-bond acceptors (Lipinski definition) is 3. The fourth-order valence-corrected chi connectivity index (χ4v) is 2.57. The molecule has 1 N–H and O–H groups in total. The molecule has 1 atom stereocenters. The number of ether oxygens (including phenoxy) is 2. The topological polar surface area (TPSA) is 30.5 Å². The molecular formula is C14H21NO2. The van der Waals surface area contributed by atoms with Gasteiger partial charge in [-0.2, -0.15) is 0 Å². The van der Waals surface area contributed by atoms with E-state index < -0.39 is 0 Å². The van der Waals surface area contributed by atoms with E-state index in [0.29, 0.717) is 12.5 Å². The Bertz CT molecular complexity index is 359. The van der Waals surface area contributed by atoms with Crippen molar-refractivity contribution in [1.82, 2.24) is 5.32 Å². The first kappa shape index (κ1) is 12.4. The molecule has 0 radical (unpaired) electrons.